The number of aromatic nitrogens is 7. The second kappa shape index (κ2) is 8.20. The van der Waals surface area contributed by atoms with E-state index in [0.29, 0.717) is 11.5 Å². The summed E-state index contributed by atoms with van der Waals surface area (Å²) in [6.07, 6.45) is 6.61. The number of H-pyrrole nitrogens is 1. The molecule has 1 aliphatic rings. The number of rotatable bonds is 5. The normalized spacial score (nSPS) is 14.9. The molecule has 1 aliphatic carbocycles. The van der Waals surface area contributed by atoms with Crippen molar-refractivity contribution in [3.63, 3.8) is 0 Å². The summed E-state index contributed by atoms with van der Waals surface area (Å²) in [5.74, 6) is -1.39. The standard InChI is InChI=1S/C24H18FN7O2S/c1-12-2-5-19(32-11-28-30-31-32)16(6-12)14-7-13-3-4-15(21(13)26-8-14)23-27-9-18(29-23)17-10-35-22(20(17)25)24(33)34/h2,5-11,15H,3-4H2,1H3,(H,27,29)(H,33,34). The van der Waals surface area contributed by atoms with Crippen LogP contribution in [-0.2, 0) is 6.42 Å². The molecule has 2 N–H and O–H groups in total. The summed E-state index contributed by atoms with van der Waals surface area (Å²) in [6, 6.07) is 8.24. The van der Waals surface area contributed by atoms with Crippen LogP contribution in [0.15, 0.2) is 48.4 Å². The molecule has 0 fully saturated rings. The number of hydrogen-bond donors (Lipinski definition) is 2. The number of tetrazole rings is 1. The fourth-order valence-corrected chi connectivity index (χ4v) is 5.34. The highest BCUT2D eigenvalue weighted by atomic mass is 32.1. The van der Waals surface area contributed by atoms with Crippen LogP contribution in [0.1, 0.15) is 44.7 Å². The molecule has 0 aliphatic heterocycles. The summed E-state index contributed by atoms with van der Waals surface area (Å²) in [7, 11) is 0. The van der Waals surface area contributed by atoms with Crippen LogP contribution in [0.4, 0.5) is 4.39 Å². The molecule has 5 aromatic rings. The van der Waals surface area contributed by atoms with Crippen molar-refractivity contribution < 1.29 is 14.3 Å². The number of fused-ring (bicyclic) bond motifs is 1. The van der Waals surface area contributed by atoms with Gasteiger partial charge in [0.15, 0.2) is 5.82 Å². The van der Waals surface area contributed by atoms with Gasteiger partial charge in [-0.05, 0) is 54.0 Å². The Balaban J connectivity index is 1.33. The van der Waals surface area contributed by atoms with Gasteiger partial charge in [0.1, 0.15) is 17.0 Å². The predicted octanol–water partition coefficient (Wildman–Crippen LogP) is 4.40. The minimum absolute atomic E-state index is 0.0510. The van der Waals surface area contributed by atoms with Crippen molar-refractivity contribution in [1.29, 1.82) is 0 Å². The zero-order chi connectivity index (χ0) is 24.1. The van der Waals surface area contributed by atoms with Gasteiger partial charge in [0.2, 0.25) is 0 Å². The van der Waals surface area contributed by atoms with Gasteiger partial charge in [0.25, 0.3) is 0 Å². The van der Waals surface area contributed by atoms with Crippen LogP contribution in [-0.4, -0.2) is 46.2 Å². The van der Waals surface area contributed by atoms with Crippen LogP contribution >= 0.6 is 11.3 Å². The van der Waals surface area contributed by atoms with Gasteiger partial charge >= 0.3 is 5.97 Å². The first-order chi connectivity index (χ1) is 17.0. The topological polar surface area (TPSA) is 122 Å². The van der Waals surface area contributed by atoms with Crippen molar-refractivity contribution >= 4 is 17.3 Å². The summed E-state index contributed by atoms with van der Waals surface area (Å²) in [6.45, 7) is 2.04. The minimum atomic E-state index is -1.28. The Hall–Kier alpha value is -4.25. The Morgan fingerprint density at radius 3 is 2.89 bits per heavy atom. The van der Waals surface area contributed by atoms with Gasteiger partial charge in [-0.2, -0.15) is 4.68 Å². The molecule has 174 valence electrons. The zero-order valence-corrected chi connectivity index (χ0v) is 19.3. The van der Waals surface area contributed by atoms with Crippen LogP contribution in [0.25, 0.3) is 28.1 Å². The first-order valence-electron chi connectivity index (χ1n) is 10.9. The highest BCUT2D eigenvalue weighted by molar-refractivity contribution is 7.12. The number of aromatic amines is 1. The lowest BCUT2D eigenvalue weighted by Crippen LogP contribution is -2.02. The first-order valence-corrected chi connectivity index (χ1v) is 11.8. The molecule has 4 heterocycles. The minimum Gasteiger partial charge on any atom is -0.477 e. The maximum Gasteiger partial charge on any atom is 0.348 e. The lowest BCUT2D eigenvalue weighted by molar-refractivity contribution is 0.0698. The average Bonchev–Trinajstić information content (AvgIpc) is 3.64. The Labute approximate surface area is 202 Å². The molecular weight excluding hydrogens is 469 g/mol. The lowest BCUT2D eigenvalue weighted by atomic mass is 10.00. The van der Waals surface area contributed by atoms with E-state index in [1.807, 2.05) is 25.3 Å². The number of nitrogens with one attached hydrogen (secondary N) is 1. The molecule has 0 amide bonds. The number of carbonyl (C=O) groups is 1. The quantitative estimate of drug-likeness (QED) is 0.377. The van der Waals surface area contributed by atoms with Crippen LogP contribution in [0.2, 0.25) is 0 Å². The molecule has 1 aromatic carbocycles. The maximum atomic E-state index is 14.5. The largest absolute Gasteiger partial charge is 0.477 e. The molecule has 1 unspecified atom stereocenters. The number of hydrogen-bond acceptors (Lipinski definition) is 7. The number of carboxylic acids is 1. The Morgan fingerprint density at radius 1 is 1.23 bits per heavy atom. The number of benzene rings is 1. The van der Waals surface area contributed by atoms with E-state index < -0.39 is 11.8 Å². The smallest absolute Gasteiger partial charge is 0.348 e. The molecule has 35 heavy (non-hydrogen) atoms. The van der Waals surface area contributed by atoms with E-state index in [1.54, 1.807) is 17.2 Å². The number of imidazole rings is 1. The summed E-state index contributed by atoms with van der Waals surface area (Å²) >= 11 is 0.861. The number of aromatic carboxylic acids is 1. The Morgan fingerprint density at radius 2 is 2.11 bits per heavy atom. The third-order valence-corrected chi connectivity index (χ3v) is 7.18. The van der Waals surface area contributed by atoms with Crippen molar-refractivity contribution in [2.75, 3.05) is 0 Å². The second-order valence-corrected chi connectivity index (χ2v) is 9.29. The van der Waals surface area contributed by atoms with Crippen molar-refractivity contribution in [2.45, 2.75) is 25.7 Å². The van der Waals surface area contributed by atoms with Gasteiger partial charge in [-0.3, -0.25) is 4.98 Å². The van der Waals surface area contributed by atoms with E-state index in [0.717, 1.165) is 57.8 Å². The lowest BCUT2D eigenvalue weighted by Gasteiger charge is -2.12. The second-order valence-electron chi connectivity index (χ2n) is 8.41. The number of carboxylic acid groups (broad SMARTS) is 1. The van der Waals surface area contributed by atoms with Crippen LogP contribution in [0.3, 0.4) is 0 Å². The first kappa shape index (κ1) is 21.3. The third-order valence-electron chi connectivity index (χ3n) is 6.23. The Kier molecular flexibility index (Phi) is 4.99. The molecule has 0 radical (unpaired) electrons. The van der Waals surface area contributed by atoms with Gasteiger partial charge < -0.3 is 10.1 Å². The van der Waals surface area contributed by atoms with E-state index in [1.165, 1.54) is 5.38 Å². The number of nitrogens with zero attached hydrogens (tertiary/aromatic N) is 6. The van der Waals surface area contributed by atoms with Gasteiger partial charge in [-0.1, -0.05) is 11.6 Å². The number of thiophene rings is 1. The Bertz CT molecular complexity index is 1570. The van der Waals surface area contributed by atoms with E-state index in [4.69, 9.17) is 10.1 Å². The van der Waals surface area contributed by atoms with Crippen LogP contribution in [0.5, 0.6) is 0 Å². The van der Waals surface area contributed by atoms with Crippen molar-refractivity contribution in [2.24, 2.45) is 0 Å². The van der Waals surface area contributed by atoms with Gasteiger partial charge in [-0.15, -0.1) is 16.4 Å². The molecule has 6 rings (SSSR count). The third kappa shape index (κ3) is 3.60. The summed E-state index contributed by atoms with van der Waals surface area (Å²) in [5, 5.41) is 22.2. The number of pyridine rings is 1. The SMILES string of the molecule is Cc1ccc(-n2cnnn2)c(-c2cnc3c(c2)CCC3c2ncc(-c3csc(C(=O)O)c3F)[nH]2)c1. The molecule has 9 nitrogen and oxygen atoms in total. The molecule has 0 saturated heterocycles. The fourth-order valence-electron chi connectivity index (χ4n) is 4.56. The average molecular weight is 488 g/mol. The summed E-state index contributed by atoms with van der Waals surface area (Å²) in [5.41, 5.74) is 6.67. The molecule has 1 atom stereocenters. The van der Waals surface area contributed by atoms with Gasteiger partial charge in [0, 0.05) is 28.3 Å². The van der Waals surface area contributed by atoms with E-state index in [9.17, 15) is 9.18 Å². The maximum absolute atomic E-state index is 14.5. The monoisotopic (exact) mass is 487 g/mol. The number of halogens is 1. The molecular formula is C24H18FN7O2S. The van der Waals surface area contributed by atoms with Gasteiger partial charge in [-0.25, -0.2) is 14.2 Å². The van der Waals surface area contributed by atoms with Crippen LogP contribution in [0, 0.1) is 12.7 Å². The highest BCUT2D eigenvalue weighted by Gasteiger charge is 2.29. The van der Waals surface area contributed by atoms with Gasteiger partial charge in [0.05, 0.1) is 29.2 Å². The molecule has 4 aromatic heterocycles. The molecule has 0 bridgehead atoms. The van der Waals surface area contributed by atoms with E-state index in [-0.39, 0.29) is 16.4 Å². The van der Waals surface area contributed by atoms with Crippen molar-refractivity contribution in [3.05, 3.63) is 81.7 Å². The molecule has 0 spiro atoms. The van der Waals surface area contributed by atoms with E-state index in [2.05, 4.69) is 37.6 Å². The zero-order valence-electron chi connectivity index (χ0n) is 18.4. The van der Waals surface area contributed by atoms with Crippen LogP contribution < -0.4 is 0 Å². The predicted molar refractivity (Wildman–Crippen MR) is 126 cm³/mol. The van der Waals surface area contributed by atoms with Crippen molar-refractivity contribution in [3.8, 4) is 28.1 Å². The fraction of sp³-hybridized carbons (Fsp3) is 0.167. The molecule has 11 heteroatoms. The van der Waals surface area contributed by atoms with Crippen molar-refractivity contribution in [1.82, 2.24) is 35.2 Å². The number of aryl methyl sites for hydroxylation is 2. The highest BCUT2D eigenvalue weighted by Crippen LogP contribution is 2.39. The van der Waals surface area contributed by atoms with E-state index >= 15 is 0 Å². The molecule has 0 saturated carbocycles. The summed E-state index contributed by atoms with van der Waals surface area (Å²) < 4.78 is 16.2. The summed E-state index contributed by atoms with van der Waals surface area (Å²) in [4.78, 5) is 23.3.